The molecule has 1 aliphatic heterocycles. The fraction of sp³-hybridized carbons (Fsp3) is 0.516. The highest BCUT2D eigenvalue weighted by atomic mass is 32.2. The molecule has 0 aliphatic carbocycles. The van der Waals surface area contributed by atoms with E-state index in [1.807, 2.05) is 27.7 Å². The Morgan fingerprint density at radius 2 is 1.48 bits per heavy atom. The summed E-state index contributed by atoms with van der Waals surface area (Å²) in [6, 6.07) is 14.0. The summed E-state index contributed by atoms with van der Waals surface area (Å²) >= 11 is 0. The van der Waals surface area contributed by atoms with E-state index in [-0.39, 0.29) is 41.1 Å². The van der Waals surface area contributed by atoms with Gasteiger partial charge in [-0.15, -0.1) is 0 Å². The van der Waals surface area contributed by atoms with Gasteiger partial charge in [-0.2, -0.15) is 4.57 Å². The zero-order chi connectivity index (χ0) is 32.0. The Bertz CT molecular complexity index is 1520. The molecule has 254 valence electrons. The van der Waals surface area contributed by atoms with Crippen molar-refractivity contribution in [2.75, 3.05) is 49.1 Å². The van der Waals surface area contributed by atoms with Gasteiger partial charge in [0.2, 0.25) is 5.52 Å². The monoisotopic (exact) mass is 661 g/mol. The number of aromatic hydroxyl groups is 2. The number of rotatable bonds is 11. The summed E-state index contributed by atoms with van der Waals surface area (Å²) in [4.78, 5) is 3.71. The Morgan fingerprint density at radius 3 is 2.07 bits per heavy atom. The van der Waals surface area contributed by atoms with Crippen LogP contribution in [0.4, 0.5) is 5.69 Å². The van der Waals surface area contributed by atoms with Crippen LogP contribution in [-0.4, -0.2) is 80.4 Å². The standard InChI is InChI=1S/C12H17NO4S.C12H13NO4S.C6H15N.CH4.3H2/c2*14-11-5-4-10-3-1-6-13(12(10)9-11)7-2-8-18(15,16)17;1-4-7(5-2)6-3;;;;/h4-5,9,14H,1-3,6-8H2,(H,15,16,17);1,3-6,9H,2,7-8H2,(H,15,16,17);4-6H2,1-3H3;1H4;3*1H. The molecular weight excluding hydrogens is 606 g/mol. The lowest BCUT2D eigenvalue weighted by atomic mass is 10.0. The second-order valence-corrected chi connectivity index (χ2v) is 13.4. The lowest BCUT2D eigenvalue weighted by Gasteiger charge is -2.31. The molecule has 4 rings (SSSR count). The Balaban J connectivity index is -0.000000643. The van der Waals surface area contributed by atoms with Crippen molar-refractivity contribution in [2.24, 2.45) is 0 Å². The SMILES string of the molecule is C.CC[NH+](CC)CC.O=S(=O)([O-])CCCN1CCCc2ccc(O)cc21.O=S(=O)([O-])CCC[n+]1cccc2ccc(O)cc21.[HH].[HH].[HH]. The number of benzene rings is 2. The number of nitrogens with one attached hydrogen (secondary N) is 1. The zero-order valence-electron chi connectivity index (χ0n) is 25.2. The van der Waals surface area contributed by atoms with Gasteiger partial charge >= 0.3 is 0 Å². The largest absolute Gasteiger partial charge is 0.748 e. The van der Waals surface area contributed by atoms with Crippen LogP contribution in [0.3, 0.4) is 0 Å². The van der Waals surface area contributed by atoms with Gasteiger partial charge in [0.1, 0.15) is 18.0 Å². The molecule has 0 amide bonds. The molecule has 11 nitrogen and oxygen atoms in total. The molecule has 0 bridgehead atoms. The summed E-state index contributed by atoms with van der Waals surface area (Å²) in [6.07, 6.45) is 4.33. The van der Waals surface area contributed by atoms with Crippen LogP contribution in [0.2, 0.25) is 0 Å². The van der Waals surface area contributed by atoms with Gasteiger partial charge in [-0.05, 0) is 69.9 Å². The molecule has 0 unspecified atom stereocenters. The number of pyridine rings is 1. The molecule has 0 spiro atoms. The fourth-order valence-corrected chi connectivity index (χ4v) is 5.88. The van der Waals surface area contributed by atoms with Crippen molar-refractivity contribution in [1.29, 1.82) is 0 Å². The third-order valence-corrected chi connectivity index (χ3v) is 8.84. The van der Waals surface area contributed by atoms with Gasteiger partial charge in [0.15, 0.2) is 6.20 Å². The van der Waals surface area contributed by atoms with E-state index in [4.69, 9.17) is 0 Å². The molecule has 0 atom stereocenters. The van der Waals surface area contributed by atoms with Crippen molar-refractivity contribution in [3.8, 4) is 11.5 Å². The number of hydrogen-bond donors (Lipinski definition) is 3. The van der Waals surface area contributed by atoms with E-state index < -0.39 is 20.2 Å². The molecule has 44 heavy (non-hydrogen) atoms. The Labute approximate surface area is 267 Å². The summed E-state index contributed by atoms with van der Waals surface area (Å²) in [6.45, 7) is 12.3. The quantitative estimate of drug-likeness (QED) is 0.207. The summed E-state index contributed by atoms with van der Waals surface area (Å²) in [5, 5.41) is 19.9. The molecule has 3 aromatic rings. The van der Waals surface area contributed by atoms with Crippen LogP contribution in [0.1, 0.15) is 57.3 Å². The average Bonchev–Trinajstić information content (AvgIpc) is 2.94. The van der Waals surface area contributed by atoms with Gasteiger partial charge in [0, 0.05) is 58.5 Å². The molecular formula is C31H55N3O8S2. The maximum Gasteiger partial charge on any atom is 0.216 e. The normalized spacial score (nSPS) is 12.8. The van der Waals surface area contributed by atoms with Gasteiger partial charge in [0.05, 0.1) is 45.9 Å². The molecule has 0 saturated heterocycles. The smallest absolute Gasteiger partial charge is 0.216 e. The van der Waals surface area contributed by atoms with Gasteiger partial charge in [-0.1, -0.05) is 13.5 Å². The van der Waals surface area contributed by atoms with Crippen LogP contribution < -0.4 is 14.4 Å². The van der Waals surface area contributed by atoms with E-state index in [1.165, 1.54) is 19.6 Å². The molecule has 1 aliphatic rings. The number of hydrogen-bond acceptors (Lipinski definition) is 9. The number of quaternary nitrogens is 1. The van der Waals surface area contributed by atoms with Crippen molar-refractivity contribution in [2.45, 2.75) is 60.4 Å². The number of anilines is 1. The molecule has 2 aromatic carbocycles. The van der Waals surface area contributed by atoms with Crippen LogP contribution in [0.5, 0.6) is 11.5 Å². The molecule has 13 heteroatoms. The van der Waals surface area contributed by atoms with Crippen molar-refractivity contribution < 1.29 is 49.9 Å². The van der Waals surface area contributed by atoms with Gasteiger partial charge in [-0.25, -0.2) is 16.8 Å². The minimum absolute atomic E-state index is 0. The van der Waals surface area contributed by atoms with Crippen LogP contribution >= 0.6 is 0 Å². The van der Waals surface area contributed by atoms with Crippen LogP contribution in [0, 0.1) is 0 Å². The maximum atomic E-state index is 10.6. The minimum atomic E-state index is -4.17. The van der Waals surface area contributed by atoms with E-state index >= 15 is 0 Å². The zero-order valence-corrected chi connectivity index (χ0v) is 26.9. The van der Waals surface area contributed by atoms with E-state index in [0.717, 1.165) is 41.5 Å². The van der Waals surface area contributed by atoms with Gasteiger partial charge in [0.25, 0.3) is 0 Å². The second kappa shape index (κ2) is 18.7. The average molecular weight is 662 g/mol. The number of phenols is 2. The highest BCUT2D eigenvalue weighted by Gasteiger charge is 2.17. The van der Waals surface area contributed by atoms with Crippen LogP contribution in [0.25, 0.3) is 10.9 Å². The van der Waals surface area contributed by atoms with Crippen molar-refractivity contribution in [3.63, 3.8) is 0 Å². The first-order valence-electron chi connectivity index (χ1n) is 14.6. The third-order valence-electron chi connectivity index (χ3n) is 7.26. The molecule has 0 fully saturated rings. The van der Waals surface area contributed by atoms with Crippen molar-refractivity contribution >= 4 is 36.8 Å². The Kier molecular flexibility index (Phi) is 16.6. The Morgan fingerprint density at radius 1 is 0.886 bits per heavy atom. The summed E-state index contributed by atoms with van der Waals surface area (Å²) in [5.74, 6) is -0.358. The predicted octanol–water partition coefficient (Wildman–Crippen LogP) is 3.15. The molecule has 2 heterocycles. The van der Waals surface area contributed by atoms with Crippen molar-refractivity contribution in [3.05, 3.63) is 60.3 Å². The maximum absolute atomic E-state index is 10.6. The van der Waals surface area contributed by atoms with E-state index in [2.05, 4.69) is 20.8 Å². The lowest BCUT2D eigenvalue weighted by molar-refractivity contribution is -0.894. The van der Waals surface area contributed by atoms with Gasteiger partial charge < -0.3 is 29.1 Å². The number of aromatic nitrogens is 1. The number of aryl methyl sites for hydroxylation is 2. The highest BCUT2D eigenvalue weighted by molar-refractivity contribution is 7.85. The predicted molar refractivity (Wildman–Crippen MR) is 178 cm³/mol. The van der Waals surface area contributed by atoms with Crippen LogP contribution in [0.15, 0.2) is 54.7 Å². The molecule has 1 aromatic heterocycles. The second-order valence-electron chi connectivity index (χ2n) is 10.4. The fourth-order valence-electron chi connectivity index (χ4n) is 4.91. The minimum Gasteiger partial charge on any atom is -0.748 e. The summed E-state index contributed by atoms with van der Waals surface area (Å²) < 4.78 is 65.1. The third kappa shape index (κ3) is 14.2. The Hall–Kier alpha value is -2.97. The number of phenolic OH excluding ortho intramolecular Hbond substituents is 2. The van der Waals surface area contributed by atoms with E-state index in [0.29, 0.717) is 19.5 Å². The van der Waals surface area contributed by atoms with Crippen LogP contribution in [-0.2, 0) is 33.2 Å². The summed E-state index contributed by atoms with van der Waals surface area (Å²) in [5.41, 5.74) is 2.91. The molecule has 0 radical (unpaired) electrons. The molecule has 3 N–H and O–H groups in total. The highest BCUT2D eigenvalue weighted by Crippen LogP contribution is 2.30. The van der Waals surface area contributed by atoms with E-state index in [9.17, 15) is 36.2 Å². The first-order chi connectivity index (χ1) is 20.3. The van der Waals surface area contributed by atoms with E-state index in [1.54, 1.807) is 41.4 Å². The number of nitrogens with zero attached hydrogens (tertiary/aromatic N) is 2. The van der Waals surface area contributed by atoms with Crippen molar-refractivity contribution in [1.82, 2.24) is 0 Å². The lowest BCUT2D eigenvalue weighted by Crippen LogP contribution is -3.11. The first kappa shape index (κ1) is 39.1. The number of fused-ring (bicyclic) bond motifs is 2. The van der Waals surface area contributed by atoms with Gasteiger partial charge in [-0.3, -0.25) is 0 Å². The summed E-state index contributed by atoms with van der Waals surface area (Å²) in [7, 11) is -8.30. The topological polar surface area (TPSA) is 166 Å². The molecule has 0 saturated carbocycles. The first-order valence-corrected chi connectivity index (χ1v) is 17.8.